The van der Waals surface area contributed by atoms with Crippen LogP contribution in [-0.2, 0) is 0 Å². The number of benzene rings is 1. The van der Waals surface area contributed by atoms with Crippen molar-refractivity contribution >= 4 is 52.2 Å². The Hall–Kier alpha value is -1.37. The van der Waals surface area contributed by atoms with Crippen molar-refractivity contribution in [2.24, 2.45) is 4.99 Å². The second-order valence-corrected chi connectivity index (χ2v) is 6.26. The number of aliphatic imine (C=N–C) groups is 1. The first-order chi connectivity index (χ1) is 9.12. The highest BCUT2D eigenvalue weighted by Crippen LogP contribution is 2.28. The Bertz CT molecular complexity index is 550. The van der Waals surface area contributed by atoms with Crippen LogP contribution in [-0.4, -0.2) is 39.4 Å². The second-order valence-electron chi connectivity index (χ2n) is 3.98. The molecule has 0 aliphatic rings. The van der Waals surface area contributed by atoms with E-state index in [1.807, 2.05) is 0 Å². The molecule has 0 bridgehead atoms. The molecular formula is C11H11Cl3N4O2. The molecule has 0 spiro atoms. The third kappa shape index (κ3) is 4.33. The lowest BCUT2D eigenvalue weighted by molar-refractivity contribution is -0.384. The second kappa shape index (κ2) is 6.39. The highest BCUT2D eigenvalue weighted by Gasteiger charge is 2.27. The summed E-state index contributed by atoms with van der Waals surface area (Å²) in [6.07, 6.45) is 0. The van der Waals surface area contributed by atoms with Gasteiger partial charge in [-0.3, -0.25) is 15.5 Å². The molecule has 0 saturated carbocycles. The van der Waals surface area contributed by atoms with E-state index in [-0.39, 0.29) is 5.69 Å². The topological polar surface area (TPSA) is 82.6 Å². The molecule has 0 aromatic heterocycles. The Labute approximate surface area is 130 Å². The van der Waals surface area contributed by atoms with Crippen molar-refractivity contribution in [3.63, 3.8) is 0 Å². The predicted molar refractivity (Wildman–Crippen MR) is 81.3 cm³/mol. The number of nitro benzene ring substituents is 1. The van der Waals surface area contributed by atoms with Gasteiger partial charge in [-0.05, 0) is 12.1 Å². The largest absolute Gasteiger partial charge is 0.362 e. The molecule has 0 unspecified atom stereocenters. The fourth-order valence-electron chi connectivity index (χ4n) is 1.32. The van der Waals surface area contributed by atoms with Gasteiger partial charge in [-0.15, -0.1) is 0 Å². The van der Waals surface area contributed by atoms with Gasteiger partial charge in [0.25, 0.3) is 5.69 Å². The molecule has 6 nitrogen and oxygen atoms in total. The maximum Gasteiger partial charge on any atom is 0.269 e. The summed E-state index contributed by atoms with van der Waals surface area (Å²) in [4.78, 5) is 15.7. The van der Waals surface area contributed by atoms with Crippen LogP contribution in [0.4, 0.5) is 5.69 Å². The molecule has 1 rings (SSSR count). The highest BCUT2D eigenvalue weighted by molar-refractivity contribution is 6.76. The summed E-state index contributed by atoms with van der Waals surface area (Å²) in [5, 5.41) is 18.2. The molecule has 0 amide bonds. The zero-order chi connectivity index (χ0) is 15.5. The van der Waals surface area contributed by atoms with Crippen molar-refractivity contribution in [2.45, 2.75) is 3.79 Å². The summed E-state index contributed by atoms with van der Waals surface area (Å²) in [5.74, 6) is -0.0826. The van der Waals surface area contributed by atoms with Crippen molar-refractivity contribution in [3.8, 4) is 0 Å². The van der Waals surface area contributed by atoms with E-state index in [0.717, 1.165) is 0 Å². The monoisotopic (exact) mass is 336 g/mol. The molecule has 1 N–H and O–H groups in total. The van der Waals surface area contributed by atoms with Crippen molar-refractivity contribution in [3.05, 3.63) is 39.9 Å². The molecule has 0 heterocycles. The molecule has 20 heavy (non-hydrogen) atoms. The van der Waals surface area contributed by atoms with E-state index in [0.29, 0.717) is 11.4 Å². The van der Waals surface area contributed by atoms with Crippen LogP contribution in [0, 0.1) is 15.5 Å². The minimum Gasteiger partial charge on any atom is -0.362 e. The third-order valence-electron chi connectivity index (χ3n) is 2.25. The number of nitrogens with one attached hydrogen (secondary N) is 1. The smallest absolute Gasteiger partial charge is 0.269 e. The number of hydrogen-bond donors (Lipinski definition) is 1. The number of amidine groups is 2. The minimum atomic E-state index is -1.93. The normalized spacial score (nSPS) is 12.2. The van der Waals surface area contributed by atoms with Gasteiger partial charge in [0.15, 0.2) is 5.84 Å². The summed E-state index contributed by atoms with van der Waals surface area (Å²) < 4.78 is -1.93. The fraction of sp³-hybridized carbons (Fsp3) is 0.273. The Morgan fingerprint density at radius 1 is 1.30 bits per heavy atom. The van der Waals surface area contributed by atoms with Gasteiger partial charge in [0.2, 0.25) is 3.79 Å². The lowest BCUT2D eigenvalue weighted by atomic mass is 10.2. The van der Waals surface area contributed by atoms with Gasteiger partial charge in [0.1, 0.15) is 5.84 Å². The van der Waals surface area contributed by atoms with E-state index in [2.05, 4.69) is 4.99 Å². The average molecular weight is 338 g/mol. The number of alkyl halides is 3. The van der Waals surface area contributed by atoms with Crippen molar-refractivity contribution in [2.75, 3.05) is 14.1 Å². The Morgan fingerprint density at radius 3 is 2.15 bits per heavy atom. The van der Waals surface area contributed by atoms with Crippen LogP contribution in [0.2, 0.25) is 0 Å². The molecule has 0 aliphatic heterocycles. The van der Waals surface area contributed by atoms with Crippen molar-refractivity contribution in [1.82, 2.24) is 4.90 Å². The first-order valence-electron chi connectivity index (χ1n) is 5.29. The van der Waals surface area contributed by atoms with E-state index in [9.17, 15) is 10.1 Å². The van der Waals surface area contributed by atoms with Gasteiger partial charge in [0.05, 0.1) is 4.92 Å². The standard InChI is InChI=1S/C11H11Cl3N4O2/c1-17(2)9(16-10(15)11(12,13)14)7-3-5-8(6-4-7)18(19)20/h3-6,15H,1-2H3. The van der Waals surface area contributed by atoms with Gasteiger partial charge >= 0.3 is 0 Å². The number of nitro groups is 1. The van der Waals surface area contributed by atoms with Crippen LogP contribution in [0.15, 0.2) is 29.3 Å². The molecule has 1 aromatic carbocycles. The van der Waals surface area contributed by atoms with Crippen LogP contribution in [0.25, 0.3) is 0 Å². The maximum atomic E-state index is 10.6. The Morgan fingerprint density at radius 2 is 1.80 bits per heavy atom. The summed E-state index contributed by atoms with van der Waals surface area (Å²) >= 11 is 16.7. The first kappa shape index (κ1) is 16.7. The summed E-state index contributed by atoms with van der Waals surface area (Å²) in [6.45, 7) is 0. The van der Waals surface area contributed by atoms with Gasteiger partial charge in [0, 0.05) is 31.8 Å². The molecule has 0 radical (unpaired) electrons. The van der Waals surface area contributed by atoms with E-state index >= 15 is 0 Å². The summed E-state index contributed by atoms with van der Waals surface area (Å²) in [5.41, 5.74) is 0.530. The number of nitrogens with zero attached hydrogens (tertiary/aromatic N) is 3. The maximum absolute atomic E-state index is 10.6. The summed E-state index contributed by atoms with van der Waals surface area (Å²) in [6, 6.07) is 5.71. The zero-order valence-electron chi connectivity index (χ0n) is 10.6. The van der Waals surface area contributed by atoms with E-state index in [4.69, 9.17) is 40.2 Å². The van der Waals surface area contributed by atoms with Gasteiger partial charge < -0.3 is 4.90 Å². The van der Waals surface area contributed by atoms with Crippen molar-refractivity contribution < 1.29 is 4.92 Å². The van der Waals surface area contributed by atoms with E-state index in [1.54, 1.807) is 19.0 Å². The SMILES string of the molecule is CN(C)C(=NC(=N)C(Cl)(Cl)Cl)c1ccc([N+](=O)[O-])cc1. The first-order valence-corrected chi connectivity index (χ1v) is 6.43. The van der Waals surface area contributed by atoms with Crippen LogP contribution >= 0.6 is 34.8 Å². The summed E-state index contributed by atoms with van der Waals surface area (Å²) in [7, 11) is 3.40. The average Bonchev–Trinajstić information content (AvgIpc) is 2.34. The molecule has 0 aliphatic carbocycles. The van der Waals surface area contributed by atoms with E-state index in [1.165, 1.54) is 24.3 Å². The van der Waals surface area contributed by atoms with Gasteiger partial charge in [-0.2, -0.15) is 0 Å². The van der Waals surface area contributed by atoms with Crippen LogP contribution < -0.4 is 0 Å². The van der Waals surface area contributed by atoms with E-state index < -0.39 is 14.6 Å². The van der Waals surface area contributed by atoms with Crippen LogP contribution in [0.1, 0.15) is 5.56 Å². The number of hydrogen-bond acceptors (Lipinski definition) is 3. The predicted octanol–water partition coefficient (Wildman–Crippen LogP) is 3.25. The van der Waals surface area contributed by atoms with Crippen LogP contribution in [0.5, 0.6) is 0 Å². The molecule has 1 aromatic rings. The molecule has 0 fully saturated rings. The molecule has 9 heteroatoms. The van der Waals surface area contributed by atoms with Crippen LogP contribution in [0.3, 0.4) is 0 Å². The lowest BCUT2D eigenvalue weighted by Crippen LogP contribution is -2.27. The number of halogens is 3. The fourth-order valence-corrected chi connectivity index (χ4v) is 1.45. The number of rotatable bonds is 2. The molecule has 0 saturated heterocycles. The zero-order valence-corrected chi connectivity index (χ0v) is 12.9. The minimum absolute atomic E-state index is 0.0386. The highest BCUT2D eigenvalue weighted by atomic mass is 35.6. The van der Waals surface area contributed by atoms with Gasteiger partial charge in [-0.1, -0.05) is 34.8 Å². The molecule has 108 valence electrons. The number of non-ortho nitro benzene ring substituents is 1. The Kier molecular flexibility index (Phi) is 5.33. The molecular weight excluding hydrogens is 327 g/mol. The van der Waals surface area contributed by atoms with Gasteiger partial charge in [-0.25, -0.2) is 4.99 Å². The Balaban J connectivity index is 3.18. The van der Waals surface area contributed by atoms with Crippen molar-refractivity contribution in [1.29, 1.82) is 5.41 Å². The molecule has 0 atom stereocenters. The third-order valence-corrected chi connectivity index (χ3v) is 2.78. The lowest BCUT2D eigenvalue weighted by Gasteiger charge is -2.17. The quantitative estimate of drug-likeness (QED) is 0.296.